The molecule has 0 aliphatic carbocycles. The monoisotopic (exact) mass is 310 g/mol. The molecule has 96 valence electrons. The third kappa shape index (κ3) is 2.98. The molecule has 2 rings (SSSR count). The Morgan fingerprint density at radius 3 is 2.89 bits per heavy atom. The molecule has 0 N–H and O–H groups in total. The Hall–Kier alpha value is -1.62. The van der Waals surface area contributed by atoms with Crippen LogP contribution in [0.5, 0.6) is 0 Å². The summed E-state index contributed by atoms with van der Waals surface area (Å²) in [4.78, 5) is 10.9. The van der Waals surface area contributed by atoms with Gasteiger partial charge in [-0.05, 0) is 18.2 Å². The van der Waals surface area contributed by atoms with Crippen molar-refractivity contribution in [2.24, 2.45) is 7.05 Å². The van der Waals surface area contributed by atoms with Crippen molar-refractivity contribution in [3.05, 3.63) is 42.7 Å². The number of carbonyl (C=O) groups excluding carboxylic acids is 1. The predicted molar refractivity (Wildman–Crippen MR) is 64.3 cm³/mol. The second-order valence-corrected chi connectivity index (χ2v) is 3.79. The lowest BCUT2D eigenvalue weighted by Gasteiger charge is -1.92. The number of hydrogen-bond donors (Lipinski definition) is 0. The van der Waals surface area contributed by atoms with Crippen LogP contribution >= 0.6 is 0 Å². The zero-order valence-corrected chi connectivity index (χ0v) is 11.9. The molecule has 0 bridgehead atoms. The minimum Gasteiger partial charge on any atom is -1.00 e. The molecule has 1 aromatic heterocycles. The van der Waals surface area contributed by atoms with E-state index in [1.54, 1.807) is 6.08 Å². The molecule has 0 radical (unpaired) electrons. The molecular formula is C13H15BrN2O2. The Morgan fingerprint density at radius 1 is 1.44 bits per heavy atom. The van der Waals surface area contributed by atoms with Crippen LogP contribution in [0.3, 0.4) is 0 Å². The summed E-state index contributed by atoms with van der Waals surface area (Å²) in [6.07, 6.45) is 5.24. The van der Waals surface area contributed by atoms with Crippen LogP contribution in [0.15, 0.2) is 42.7 Å². The third-order valence-electron chi connectivity index (χ3n) is 2.64. The predicted octanol–water partition coefficient (Wildman–Crippen LogP) is -1.80. The summed E-state index contributed by atoms with van der Waals surface area (Å²) < 4.78 is 8.68. The van der Waals surface area contributed by atoms with Gasteiger partial charge in [0.2, 0.25) is 6.33 Å². The largest absolute Gasteiger partial charge is 1.00 e. The van der Waals surface area contributed by atoms with Crippen molar-refractivity contribution in [1.29, 1.82) is 0 Å². The van der Waals surface area contributed by atoms with E-state index < -0.39 is 0 Å². The SMILES string of the molecule is COC(=O)/C=C/Cn1c[n+](C)c2ccccc21.[Br-]. The highest BCUT2D eigenvalue weighted by Gasteiger charge is 2.10. The van der Waals surface area contributed by atoms with Crippen LogP contribution in [0.2, 0.25) is 0 Å². The molecular weight excluding hydrogens is 296 g/mol. The molecule has 4 nitrogen and oxygen atoms in total. The van der Waals surface area contributed by atoms with E-state index in [0.717, 1.165) is 5.52 Å². The molecule has 0 atom stereocenters. The summed E-state index contributed by atoms with van der Waals surface area (Å²) in [6, 6.07) is 8.14. The number of esters is 1. The van der Waals surface area contributed by atoms with Crippen LogP contribution in [0.4, 0.5) is 0 Å². The number of rotatable bonds is 3. The number of para-hydroxylation sites is 2. The fraction of sp³-hybridized carbons (Fsp3) is 0.231. The first-order valence-electron chi connectivity index (χ1n) is 5.40. The van der Waals surface area contributed by atoms with Crippen molar-refractivity contribution < 1.29 is 31.1 Å². The number of fused-ring (bicyclic) bond motifs is 1. The van der Waals surface area contributed by atoms with Gasteiger partial charge in [0.05, 0.1) is 14.2 Å². The normalized spacial score (nSPS) is 10.6. The number of ether oxygens (including phenoxy) is 1. The first-order chi connectivity index (χ1) is 8.22. The van der Waals surface area contributed by atoms with E-state index in [4.69, 9.17) is 0 Å². The molecule has 5 heteroatoms. The molecule has 0 fully saturated rings. The van der Waals surface area contributed by atoms with Gasteiger partial charge in [0.15, 0.2) is 11.0 Å². The number of hydrogen-bond acceptors (Lipinski definition) is 2. The molecule has 18 heavy (non-hydrogen) atoms. The first kappa shape index (κ1) is 14.4. The van der Waals surface area contributed by atoms with Gasteiger partial charge in [-0.25, -0.2) is 13.9 Å². The van der Waals surface area contributed by atoms with Crippen molar-refractivity contribution in [3.8, 4) is 0 Å². The second kappa shape index (κ2) is 6.35. The number of aryl methyl sites for hydroxylation is 1. The van der Waals surface area contributed by atoms with Crippen molar-refractivity contribution in [2.75, 3.05) is 7.11 Å². The van der Waals surface area contributed by atoms with Crippen molar-refractivity contribution >= 4 is 17.0 Å². The van der Waals surface area contributed by atoms with Crippen LogP contribution < -0.4 is 21.5 Å². The second-order valence-electron chi connectivity index (χ2n) is 3.79. The zero-order chi connectivity index (χ0) is 12.3. The minimum absolute atomic E-state index is 0. The maximum atomic E-state index is 10.9. The zero-order valence-electron chi connectivity index (χ0n) is 10.3. The number of methoxy groups -OCH3 is 1. The quantitative estimate of drug-likeness (QED) is 0.381. The van der Waals surface area contributed by atoms with E-state index in [-0.39, 0.29) is 23.0 Å². The summed E-state index contributed by atoms with van der Waals surface area (Å²) in [6.45, 7) is 0.649. The molecule has 0 saturated heterocycles. The van der Waals surface area contributed by atoms with Gasteiger partial charge in [-0.3, -0.25) is 0 Å². The fourth-order valence-corrected chi connectivity index (χ4v) is 1.81. The lowest BCUT2D eigenvalue weighted by atomic mass is 10.3. The summed E-state index contributed by atoms with van der Waals surface area (Å²) in [7, 11) is 3.38. The molecule has 2 aromatic rings. The summed E-state index contributed by atoms with van der Waals surface area (Å²) >= 11 is 0. The number of carbonyl (C=O) groups is 1. The number of nitrogens with zero attached hydrogens (tertiary/aromatic N) is 2. The average molecular weight is 311 g/mol. The van der Waals surface area contributed by atoms with Gasteiger partial charge in [0.25, 0.3) is 0 Å². The molecule has 1 heterocycles. The van der Waals surface area contributed by atoms with Gasteiger partial charge in [0.1, 0.15) is 6.54 Å². The Labute approximate surface area is 116 Å². The Bertz CT molecular complexity index is 575. The fourth-order valence-electron chi connectivity index (χ4n) is 1.81. The third-order valence-corrected chi connectivity index (χ3v) is 2.64. The van der Waals surface area contributed by atoms with Gasteiger partial charge in [-0.2, -0.15) is 0 Å². The van der Waals surface area contributed by atoms with Crippen LogP contribution in [-0.4, -0.2) is 17.6 Å². The highest BCUT2D eigenvalue weighted by atomic mass is 79.9. The molecule has 0 spiro atoms. The van der Waals surface area contributed by atoms with Crippen LogP contribution in [0, 0.1) is 0 Å². The lowest BCUT2D eigenvalue weighted by molar-refractivity contribution is -0.645. The van der Waals surface area contributed by atoms with Crippen LogP contribution in [0.1, 0.15) is 0 Å². The number of imidazole rings is 1. The standard InChI is InChI=1S/C13H15N2O2.BrH/c1-14-10-15(9-5-8-13(16)17-2)12-7-4-3-6-11(12)14;/h3-8,10H,9H2,1-2H3;1H/q+1;/p-1/b8-5+;. The molecule has 0 saturated carbocycles. The van der Waals surface area contributed by atoms with Crippen molar-refractivity contribution in [3.63, 3.8) is 0 Å². The summed E-state index contributed by atoms with van der Waals surface area (Å²) in [5, 5.41) is 0. The van der Waals surface area contributed by atoms with Crippen molar-refractivity contribution in [1.82, 2.24) is 4.57 Å². The Kier molecular flexibility index (Phi) is 5.09. The van der Waals surface area contributed by atoms with Crippen molar-refractivity contribution in [2.45, 2.75) is 6.54 Å². The molecule has 1 aromatic carbocycles. The molecule has 0 amide bonds. The van der Waals surface area contributed by atoms with Gasteiger partial charge < -0.3 is 21.7 Å². The van der Waals surface area contributed by atoms with Gasteiger partial charge in [0, 0.05) is 6.08 Å². The highest BCUT2D eigenvalue weighted by molar-refractivity contribution is 5.81. The lowest BCUT2D eigenvalue weighted by Crippen LogP contribution is -3.00. The highest BCUT2D eigenvalue weighted by Crippen LogP contribution is 2.09. The Morgan fingerprint density at radius 2 is 2.17 bits per heavy atom. The molecule has 0 aliphatic rings. The van der Waals surface area contributed by atoms with Gasteiger partial charge >= 0.3 is 5.97 Å². The minimum atomic E-state index is -0.328. The van der Waals surface area contributed by atoms with E-state index in [2.05, 4.69) is 26.0 Å². The van der Waals surface area contributed by atoms with Gasteiger partial charge in [-0.15, -0.1) is 0 Å². The molecule has 0 unspecified atom stereocenters. The van der Waals surface area contributed by atoms with E-state index in [1.807, 2.05) is 25.5 Å². The number of benzene rings is 1. The van der Waals surface area contributed by atoms with E-state index in [9.17, 15) is 4.79 Å². The maximum absolute atomic E-state index is 10.9. The number of allylic oxidation sites excluding steroid dienone is 1. The number of halogens is 1. The van der Waals surface area contributed by atoms with Gasteiger partial charge in [-0.1, -0.05) is 12.1 Å². The summed E-state index contributed by atoms with van der Waals surface area (Å²) in [5.74, 6) is -0.328. The van der Waals surface area contributed by atoms with E-state index >= 15 is 0 Å². The van der Waals surface area contributed by atoms with E-state index in [0.29, 0.717) is 6.54 Å². The summed E-state index contributed by atoms with van der Waals surface area (Å²) in [5.41, 5.74) is 2.31. The van der Waals surface area contributed by atoms with Crippen LogP contribution in [0.25, 0.3) is 11.0 Å². The van der Waals surface area contributed by atoms with Crippen LogP contribution in [-0.2, 0) is 23.1 Å². The van der Waals surface area contributed by atoms with E-state index in [1.165, 1.54) is 18.7 Å². The Balaban J connectivity index is 0.00000162. The first-order valence-corrected chi connectivity index (χ1v) is 5.40. The topological polar surface area (TPSA) is 35.1 Å². The smallest absolute Gasteiger partial charge is 0.330 e. The number of aromatic nitrogens is 2. The maximum Gasteiger partial charge on any atom is 0.330 e. The average Bonchev–Trinajstić information content (AvgIpc) is 2.67. The molecule has 0 aliphatic heterocycles.